The van der Waals surface area contributed by atoms with E-state index in [2.05, 4.69) is 182 Å². The fourth-order valence-corrected chi connectivity index (χ4v) is 9.88. The Morgan fingerprint density at radius 3 is 1.51 bits per heavy atom. The normalized spacial score (nSPS) is 13.6. The van der Waals surface area contributed by atoms with Crippen LogP contribution in [0.1, 0.15) is 22.3 Å². The molecule has 0 heterocycles. The van der Waals surface area contributed by atoms with E-state index in [1.54, 1.807) is 0 Å². The van der Waals surface area contributed by atoms with Gasteiger partial charge in [0.2, 0.25) is 0 Å². The first kappa shape index (κ1) is 27.3. The Kier molecular flexibility index (Phi) is 5.26. The molecular formula is C51H30. The molecule has 0 fully saturated rings. The Bertz CT molecular complexity index is 3040. The number of benzene rings is 10. The van der Waals surface area contributed by atoms with Gasteiger partial charge in [0.05, 0.1) is 5.41 Å². The summed E-state index contributed by atoms with van der Waals surface area (Å²) in [5.41, 5.74) is 13.0. The maximum atomic E-state index is 2.51. The second-order valence-electron chi connectivity index (χ2n) is 14.4. The zero-order valence-electron chi connectivity index (χ0n) is 27.8. The molecule has 10 aromatic rings. The van der Waals surface area contributed by atoms with Crippen molar-refractivity contribution in [1.82, 2.24) is 0 Å². The summed E-state index contributed by atoms with van der Waals surface area (Å²) in [7, 11) is 0. The van der Waals surface area contributed by atoms with Crippen LogP contribution in [0.2, 0.25) is 0 Å². The Morgan fingerprint density at radius 1 is 0.275 bits per heavy atom. The Morgan fingerprint density at radius 2 is 0.784 bits per heavy atom. The van der Waals surface area contributed by atoms with Crippen molar-refractivity contribution in [3.05, 3.63) is 204 Å². The molecule has 0 atom stereocenters. The van der Waals surface area contributed by atoms with E-state index in [0.717, 1.165) is 0 Å². The summed E-state index contributed by atoms with van der Waals surface area (Å²) in [6, 6.07) is 68.5. The standard InChI is InChI=1S/C51H30/c1-3-13-40-35(10-1)28-36-11-2-4-14-41(36)48(40)37-25-23-32-26-34(22-21-33(32)27-37)39-29-38-24-20-31-12-9-19-46-49(31)50(38)47(30-39)51(46)44-17-7-5-15-42(44)43-16-6-8-18-45(43)51/h1-30H. The van der Waals surface area contributed by atoms with Gasteiger partial charge in [-0.1, -0.05) is 152 Å². The van der Waals surface area contributed by atoms with Crippen LogP contribution in [0.15, 0.2) is 182 Å². The highest BCUT2D eigenvalue weighted by molar-refractivity contribution is 6.18. The predicted octanol–water partition coefficient (Wildman–Crippen LogP) is 13.5. The van der Waals surface area contributed by atoms with Gasteiger partial charge in [-0.15, -0.1) is 0 Å². The van der Waals surface area contributed by atoms with Gasteiger partial charge in [-0.2, -0.15) is 0 Å². The van der Waals surface area contributed by atoms with Crippen molar-refractivity contribution in [2.24, 2.45) is 0 Å². The highest BCUT2D eigenvalue weighted by Gasteiger charge is 2.50. The van der Waals surface area contributed by atoms with Crippen LogP contribution >= 0.6 is 0 Å². The summed E-state index contributed by atoms with van der Waals surface area (Å²) in [5, 5.41) is 13.0. The second-order valence-corrected chi connectivity index (χ2v) is 14.4. The molecule has 0 saturated heterocycles. The summed E-state index contributed by atoms with van der Waals surface area (Å²) in [6.07, 6.45) is 0. The molecule has 0 N–H and O–H groups in total. The van der Waals surface area contributed by atoms with Crippen LogP contribution in [0.25, 0.3) is 87.2 Å². The highest BCUT2D eigenvalue weighted by atomic mass is 14.5. The zero-order chi connectivity index (χ0) is 33.3. The minimum atomic E-state index is -0.350. The Hall–Kier alpha value is -6.50. The maximum Gasteiger partial charge on any atom is 0.0726 e. The van der Waals surface area contributed by atoms with Gasteiger partial charge in [-0.25, -0.2) is 0 Å². The molecule has 0 aliphatic heterocycles. The second kappa shape index (κ2) is 9.81. The van der Waals surface area contributed by atoms with Gasteiger partial charge in [-0.05, 0) is 140 Å². The van der Waals surface area contributed by atoms with Crippen molar-refractivity contribution in [3.8, 4) is 33.4 Å². The van der Waals surface area contributed by atoms with Crippen LogP contribution in [-0.4, -0.2) is 0 Å². The predicted molar refractivity (Wildman–Crippen MR) is 216 cm³/mol. The van der Waals surface area contributed by atoms with Gasteiger partial charge in [0.15, 0.2) is 0 Å². The van der Waals surface area contributed by atoms with E-state index in [-0.39, 0.29) is 5.41 Å². The van der Waals surface area contributed by atoms with E-state index in [0.29, 0.717) is 0 Å². The third-order valence-corrected chi connectivity index (χ3v) is 12.0. The number of fused-ring (bicyclic) bond motifs is 10. The van der Waals surface area contributed by atoms with Gasteiger partial charge in [0.25, 0.3) is 0 Å². The molecule has 0 amide bonds. The summed E-state index contributed by atoms with van der Waals surface area (Å²) in [4.78, 5) is 0. The van der Waals surface area contributed by atoms with Gasteiger partial charge >= 0.3 is 0 Å². The lowest BCUT2D eigenvalue weighted by molar-refractivity contribution is 0.797. The lowest BCUT2D eigenvalue weighted by atomic mass is 9.70. The lowest BCUT2D eigenvalue weighted by Crippen LogP contribution is -2.26. The number of hydrogen-bond donors (Lipinski definition) is 0. The summed E-state index contributed by atoms with van der Waals surface area (Å²) >= 11 is 0. The van der Waals surface area contributed by atoms with Gasteiger partial charge in [-0.3, -0.25) is 0 Å². The van der Waals surface area contributed by atoms with Crippen LogP contribution in [-0.2, 0) is 5.41 Å². The van der Waals surface area contributed by atoms with Crippen molar-refractivity contribution in [1.29, 1.82) is 0 Å². The first-order chi connectivity index (χ1) is 25.3. The molecule has 1 spiro atoms. The molecule has 0 radical (unpaired) electrons. The molecule has 51 heavy (non-hydrogen) atoms. The van der Waals surface area contributed by atoms with Gasteiger partial charge in [0, 0.05) is 0 Å². The SMILES string of the molecule is c1ccc2c(c1)-c1ccccc1C21c2cccc3ccc4cc(-c5ccc6cc(-c7c8ccccc8cc8ccccc78)ccc6c5)cc1c4c23. The summed E-state index contributed by atoms with van der Waals surface area (Å²) in [6.45, 7) is 0. The molecule has 0 heteroatoms. The van der Waals surface area contributed by atoms with Gasteiger partial charge in [0.1, 0.15) is 0 Å². The molecule has 0 aromatic heterocycles. The quantitative estimate of drug-likeness (QED) is 0.130. The zero-order valence-corrected chi connectivity index (χ0v) is 27.8. The minimum absolute atomic E-state index is 0.350. The molecule has 0 unspecified atom stereocenters. The van der Waals surface area contributed by atoms with Crippen molar-refractivity contribution in [3.63, 3.8) is 0 Å². The van der Waals surface area contributed by atoms with E-state index in [1.807, 2.05) is 0 Å². The average molecular weight is 643 g/mol. The fourth-order valence-electron chi connectivity index (χ4n) is 9.88. The third kappa shape index (κ3) is 3.49. The fraction of sp³-hybridized carbons (Fsp3) is 0.0196. The largest absolute Gasteiger partial charge is 0.0726 e. The average Bonchev–Trinajstić information content (AvgIpc) is 3.67. The van der Waals surface area contributed by atoms with E-state index in [1.165, 1.54) is 109 Å². The minimum Gasteiger partial charge on any atom is -0.0619 e. The third-order valence-electron chi connectivity index (χ3n) is 12.0. The molecule has 10 aromatic carbocycles. The van der Waals surface area contributed by atoms with Crippen LogP contribution < -0.4 is 0 Å². The Labute approximate surface area is 295 Å². The highest BCUT2D eigenvalue weighted by Crippen LogP contribution is 2.62. The van der Waals surface area contributed by atoms with E-state index >= 15 is 0 Å². The van der Waals surface area contributed by atoms with Crippen LogP contribution in [0.3, 0.4) is 0 Å². The number of hydrogen-bond acceptors (Lipinski definition) is 0. The van der Waals surface area contributed by atoms with Gasteiger partial charge < -0.3 is 0 Å². The van der Waals surface area contributed by atoms with Crippen LogP contribution in [0, 0.1) is 0 Å². The maximum absolute atomic E-state index is 2.51. The summed E-state index contributed by atoms with van der Waals surface area (Å²) in [5.74, 6) is 0. The molecule has 2 aliphatic carbocycles. The molecule has 0 saturated carbocycles. The molecule has 0 nitrogen and oxygen atoms in total. The monoisotopic (exact) mass is 642 g/mol. The molecular weight excluding hydrogens is 613 g/mol. The van der Waals surface area contributed by atoms with Crippen molar-refractivity contribution >= 4 is 53.9 Å². The van der Waals surface area contributed by atoms with Crippen molar-refractivity contribution in [2.45, 2.75) is 5.41 Å². The first-order valence-electron chi connectivity index (χ1n) is 17.9. The molecule has 2 aliphatic rings. The molecule has 0 bridgehead atoms. The van der Waals surface area contributed by atoms with Crippen LogP contribution in [0.5, 0.6) is 0 Å². The lowest BCUT2D eigenvalue weighted by Gasteiger charge is -2.31. The van der Waals surface area contributed by atoms with Crippen molar-refractivity contribution < 1.29 is 0 Å². The first-order valence-corrected chi connectivity index (χ1v) is 17.9. The molecule has 12 rings (SSSR count). The summed E-state index contributed by atoms with van der Waals surface area (Å²) < 4.78 is 0. The number of rotatable bonds is 2. The Balaban J connectivity index is 1.08. The van der Waals surface area contributed by atoms with Crippen LogP contribution in [0.4, 0.5) is 0 Å². The van der Waals surface area contributed by atoms with E-state index < -0.39 is 0 Å². The molecule has 234 valence electrons. The van der Waals surface area contributed by atoms with E-state index in [9.17, 15) is 0 Å². The van der Waals surface area contributed by atoms with Crippen molar-refractivity contribution in [2.75, 3.05) is 0 Å². The van der Waals surface area contributed by atoms with E-state index in [4.69, 9.17) is 0 Å². The topological polar surface area (TPSA) is 0 Å². The smallest absolute Gasteiger partial charge is 0.0619 e.